The number of benzene rings is 1. The summed E-state index contributed by atoms with van der Waals surface area (Å²) in [4.78, 5) is 25.0. The molecule has 0 aliphatic carbocycles. The molecule has 2 amide bonds. The maximum atomic E-state index is 11.9. The minimum atomic E-state index is -0.448. The summed E-state index contributed by atoms with van der Waals surface area (Å²) in [6, 6.07) is 5.00. The molecule has 0 saturated carbocycles. The molecule has 0 aliphatic rings. The standard InChI is InChI=1S/C14H22N4O2/c1-9(2)7-18(8-13(16)19)12-6-10(15)4-5-11(12)14(20)17-3/h4-6,9H,7-8,15H2,1-3H3,(H2,16,19)(H,17,20). The molecular formula is C14H22N4O2. The minimum absolute atomic E-state index is 0.0472. The lowest BCUT2D eigenvalue weighted by Crippen LogP contribution is -2.37. The lowest BCUT2D eigenvalue weighted by Gasteiger charge is -2.27. The average Bonchev–Trinajstić information content (AvgIpc) is 2.36. The third kappa shape index (κ3) is 4.15. The van der Waals surface area contributed by atoms with Crippen LogP contribution in [0.4, 0.5) is 11.4 Å². The highest BCUT2D eigenvalue weighted by Crippen LogP contribution is 2.24. The van der Waals surface area contributed by atoms with Gasteiger partial charge in [0.25, 0.3) is 5.91 Å². The zero-order chi connectivity index (χ0) is 15.3. The van der Waals surface area contributed by atoms with Crippen LogP contribution in [0.25, 0.3) is 0 Å². The quantitative estimate of drug-likeness (QED) is 0.662. The Hall–Kier alpha value is -2.24. The van der Waals surface area contributed by atoms with Gasteiger partial charge in [0.2, 0.25) is 5.91 Å². The van der Waals surface area contributed by atoms with Gasteiger partial charge in [-0.05, 0) is 24.1 Å². The predicted molar refractivity (Wildman–Crippen MR) is 80.5 cm³/mol. The molecule has 0 spiro atoms. The number of rotatable bonds is 6. The topological polar surface area (TPSA) is 101 Å². The van der Waals surface area contributed by atoms with Crippen molar-refractivity contribution in [3.8, 4) is 0 Å². The number of hydrogen-bond donors (Lipinski definition) is 3. The van der Waals surface area contributed by atoms with Crippen LogP contribution < -0.4 is 21.7 Å². The van der Waals surface area contributed by atoms with Crippen LogP contribution in [0, 0.1) is 5.92 Å². The molecule has 0 radical (unpaired) electrons. The zero-order valence-electron chi connectivity index (χ0n) is 12.1. The molecule has 0 bridgehead atoms. The molecule has 0 aromatic heterocycles. The van der Waals surface area contributed by atoms with Crippen LogP contribution >= 0.6 is 0 Å². The maximum Gasteiger partial charge on any atom is 0.253 e. The smallest absolute Gasteiger partial charge is 0.253 e. The number of nitrogens with one attached hydrogen (secondary N) is 1. The molecule has 0 aliphatic heterocycles. The first-order valence-electron chi connectivity index (χ1n) is 6.50. The summed E-state index contributed by atoms with van der Waals surface area (Å²) in [7, 11) is 1.56. The highest BCUT2D eigenvalue weighted by Gasteiger charge is 2.18. The summed E-state index contributed by atoms with van der Waals surface area (Å²) >= 11 is 0. The van der Waals surface area contributed by atoms with Crippen molar-refractivity contribution in [2.45, 2.75) is 13.8 Å². The fourth-order valence-corrected chi connectivity index (χ4v) is 2.01. The van der Waals surface area contributed by atoms with Crippen LogP contribution in [0.1, 0.15) is 24.2 Å². The molecule has 1 rings (SSSR count). The van der Waals surface area contributed by atoms with Gasteiger partial charge in [-0.3, -0.25) is 9.59 Å². The van der Waals surface area contributed by atoms with Crippen LogP contribution in [-0.4, -0.2) is 32.0 Å². The highest BCUT2D eigenvalue weighted by atomic mass is 16.2. The summed E-state index contributed by atoms with van der Waals surface area (Å²) in [6.07, 6.45) is 0. The van der Waals surface area contributed by atoms with Gasteiger partial charge < -0.3 is 21.7 Å². The van der Waals surface area contributed by atoms with E-state index in [1.54, 1.807) is 30.1 Å². The van der Waals surface area contributed by atoms with Crippen LogP contribution in [0.5, 0.6) is 0 Å². The largest absolute Gasteiger partial charge is 0.399 e. The maximum absolute atomic E-state index is 11.9. The van der Waals surface area contributed by atoms with Gasteiger partial charge in [0.1, 0.15) is 0 Å². The Bertz CT molecular complexity index is 500. The van der Waals surface area contributed by atoms with E-state index >= 15 is 0 Å². The Kier molecular flexibility index (Phi) is 5.37. The Morgan fingerprint density at radius 2 is 2.00 bits per heavy atom. The van der Waals surface area contributed by atoms with Crippen molar-refractivity contribution in [3.63, 3.8) is 0 Å². The number of hydrogen-bond acceptors (Lipinski definition) is 4. The van der Waals surface area contributed by atoms with Gasteiger partial charge in [-0.25, -0.2) is 0 Å². The summed E-state index contributed by atoms with van der Waals surface area (Å²) in [5.41, 5.74) is 12.7. The molecule has 1 aromatic carbocycles. The molecule has 1 aromatic rings. The molecule has 6 nitrogen and oxygen atoms in total. The van der Waals surface area contributed by atoms with Gasteiger partial charge in [0.15, 0.2) is 0 Å². The normalized spacial score (nSPS) is 10.4. The second-order valence-electron chi connectivity index (χ2n) is 5.10. The van der Waals surface area contributed by atoms with Crippen LogP contribution in [0.3, 0.4) is 0 Å². The predicted octanol–water partition coefficient (Wildman–Crippen LogP) is 0.576. The first-order valence-corrected chi connectivity index (χ1v) is 6.50. The Balaban J connectivity index is 3.25. The molecule has 5 N–H and O–H groups in total. The molecule has 0 saturated heterocycles. The van der Waals surface area contributed by atoms with Gasteiger partial charge in [-0.15, -0.1) is 0 Å². The summed E-state index contributed by atoms with van der Waals surface area (Å²) < 4.78 is 0. The summed E-state index contributed by atoms with van der Waals surface area (Å²) in [6.45, 7) is 4.71. The van der Waals surface area contributed by atoms with Gasteiger partial charge in [0, 0.05) is 19.3 Å². The monoisotopic (exact) mass is 278 g/mol. The van der Waals surface area contributed by atoms with Crippen molar-refractivity contribution in [1.29, 1.82) is 0 Å². The number of nitrogen functional groups attached to an aromatic ring is 1. The third-order valence-electron chi connectivity index (χ3n) is 2.77. The van der Waals surface area contributed by atoms with Crippen molar-refractivity contribution >= 4 is 23.2 Å². The molecule has 0 unspecified atom stereocenters. The molecule has 6 heteroatoms. The Morgan fingerprint density at radius 3 is 2.50 bits per heavy atom. The van der Waals surface area contributed by atoms with Crippen molar-refractivity contribution in [2.24, 2.45) is 11.7 Å². The van der Waals surface area contributed by atoms with E-state index in [4.69, 9.17) is 11.5 Å². The van der Waals surface area contributed by atoms with Gasteiger partial charge in [-0.1, -0.05) is 13.8 Å². The van der Waals surface area contributed by atoms with Crippen LogP contribution in [-0.2, 0) is 4.79 Å². The van der Waals surface area contributed by atoms with E-state index in [1.165, 1.54) is 0 Å². The van der Waals surface area contributed by atoms with E-state index in [2.05, 4.69) is 5.32 Å². The van der Waals surface area contributed by atoms with E-state index in [0.29, 0.717) is 29.4 Å². The molecule has 20 heavy (non-hydrogen) atoms. The van der Waals surface area contributed by atoms with E-state index in [-0.39, 0.29) is 12.5 Å². The SMILES string of the molecule is CNC(=O)c1ccc(N)cc1N(CC(N)=O)CC(C)C. The second-order valence-corrected chi connectivity index (χ2v) is 5.10. The zero-order valence-corrected chi connectivity index (χ0v) is 12.1. The number of carbonyl (C=O) groups is 2. The van der Waals surface area contributed by atoms with Gasteiger partial charge in [-0.2, -0.15) is 0 Å². The first kappa shape index (κ1) is 15.8. The molecular weight excluding hydrogens is 256 g/mol. The van der Waals surface area contributed by atoms with E-state index in [9.17, 15) is 9.59 Å². The average molecular weight is 278 g/mol. The Labute approximate surface area is 119 Å². The second kappa shape index (κ2) is 6.79. The first-order chi connectivity index (χ1) is 9.35. The van der Waals surface area contributed by atoms with Crippen LogP contribution in [0.15, 0.2) is 18.2 Å². The number of carbonyl (C=O) groups excluding carboxylic acids is 2. The fourth-order valence-electron chi connectivity index (χ4n) is 2.01. The molecule has 110 valence electrons. The third-order valence-corrected chi connectivity index (χ3v) is 2.77. The van der Waals surface area contributed by atoms with Gasteiger partial charge in [0.05, 0.1) is 17.8 Å². The number of nitrogens with two attached hydrogens (primary N) is 2. The number of anilines is 2. The van der Waals surface area contributed by atoms with E-state index in [0.717, 1.165) is 0 Å². The van der Waals surface area contributed by atoms with Crippen molar-refractivity contribution in [2.75, 3.05) is 30.8 Å². The van der Waals surface area contributed by atoms with Crippen molar-refractivity contribution < 1.29 is 9.59 Å². The summed E-state index contributed by atoms with van der Waals surface area (Å²) in [5, 5.41) is 2.58. The number of nitrogens with zero attached hydrogens (tertiary/aromatic N) is 1. The van der Waals surface area contributed by atoms with Crippen molar-refractivity contribution in [1.82, 2.24) is 5.32 Å². The lowest BCUT2D eigenvalue weighted by molar-refractivity contribution is -0.116. The van der Waals surface area contributed by atoms with E-state index in [1.807, 2.05) is 13.8 Å². The molecule has 0 heterocycles. The van der Waals surface area contributed by atoms with Gasteiger partial charge >= 0.3 is 0 Å². The molecule has 0 atom stereocenters. The van der Waals surface area contributed by atoms with Crippen LogP contribution in [0.2, 0.25) is 0 Å². The number of amides is 2. The lowest BCUT2D eigenvalue weighted by atomic mass is 10.1. The highest BCUT2D eigenvalue weighted by molar-refractivity contribution is 6.00. The van der Waals surface area contributed by atoms with Crippen molar-refractivity contribution in [3.05, 3.63) is 23.8 Å². The van der Waals surface area contributed by atoms with E-state index < -0.39 is 5.91 Å². The number of primary amides is 1. The summed E-state index contributed by atoms with van der Waals surface area (Å²) in [5.74, 6) is -0.359. The molecule has 0 fully saturated rings. The fraction of sp³-hybridized carbons (Fsp3) is 0.429. The Morgan fingerprint density at radius 1 is 1.35 bits per heavy atom. The minimum Gasteiger partial charge on any atom is -0.399 e.